The lowest BCUT2D eigenvalue weighted by Gasteiger charge is -2.02. The molecule has 1 aromatic carbocycles. The Labute approximate surface area is 80.0 Å². The molecule has 0 aliphatic carbocycles. The molecule has 0 saturated heterocycles. The third kappa shape index (κ3) is 2.65. The van der Waals surface area contributed by atoms with Crippen molar-refractivity contribution in [2.24, 2.45) is 0 Å². The first-order chi connectivity index (χ1) is 6.15. The zero-order valence-corrected chi connectivity index (χ0v) is 8.12. The Morgan fingerprint density at radius 3 is 2.69 bits per heavy atom. The number of hydrogen-bond acceptors (Lipinski definition) is 3. The molecule has 5 heteroatoms. The van der Waals surface area contributed by atoms with Gasteiger partial charge in [-0.15, -0.1) is 0 Å². The van der Waals surface area contributed by atoms with Gasteiger partial charge < -0.3 is 10.0 Å². The SMILES string of the molecule is CC[S@@](=O)c1cccc(B(O)O)c1. The maximum absolute atomic E-state index is 11.3. The molecular weight excluding hydrogens is 187 g/mol. The zero-order valence-electron chi connectivity index (χ0n) is 7.30. The van der Waals surface area contributed by atoms with Gasteiger partial charge in [-0.05, 0) is 17.6 Å². The minimum atomic E-state index is -1.49. The van der Waals surface area contributed by atoms with E-state index < -0.39 is 17.9 Å². The number of hydrogen-bond donors (Lipinski definition) is 2. The molecule has 0 heterocycles. The predicted molar refractivity (Wildman–Crippen MR) is 53.2 cm³/mol. The third-order valence-corrected chi connectivity index (χ3v) is 2.99. The Balaban J connectivity index is 2.98. The first-order valence-electron chi connectivity index (χ1n) is 3.99. The summed E-state index contributed by atoms with van der Waals surface area (Å²) >= 11 is 0. The van der Waals surface area contributed by atoms with Gasteiger partial charge in [0.25, 0.3) is 0 Å². The van der Waals surface area contributed by atoms with E-state index in [0.717, 1.165) is 0 Å². The molecule has 70 valence electrons. The van der Waals surface area contributed by atoms with Gasteiger partial charge in [-0.2, -0.15) is 0 Å². The van der Waals surface area contributed by atoms with Crippen molar-refractivity contribution >= 4 is 23.4 Å². The van der Waals surface area contributed by atoms with Gasteiger partial charge in [-0.3, -0.25) is 4.21 Å². The summed E-state index contributed by atoms with van der Waals surface area (Å²) in [4.78, 5) is 0.633. The van der Waals surface area contributed by atoms with Crippen LogP contribution in [0.25, 0.3) is 0 Å². The normalized spacial score (nSPS) is 12.5. The Kier molecular flexibility index (Phi) is 3.65. The highest BCUT2D eigenvalue weighted by atomic mass is 32.2. The zero-order chi connectivity index (χ0) is 9.84. The number of benzene rings is 1. The van der Waals surface area contributed by atoms with E-state index in [-0.39, 0.29) is 0 Å². The van der Waals surface area contributed by atoms with Crippen LogP contribution in [0.2, 0.25) is 0 Å². The summed E-state index contributed by atoms with van der Waals surface area (Å²) in [5.41, 5.74) is 0.374. The van der Waals surface area contributed by atoms with Gasteiger partial charge in [0.15, 0.2) is 0 Å². The van der Waals surface area contributed by atoms with Gasteiger partial charge in [0.1, 0.15) is 0 Å². The van der Waals surface area contributed by atoms with Crippen molar-refractivity contribution in [1.29, 1.82) is 0 Å². The van der Waals surface area contributed by atoms with Crippen molar-refractivity contribution in [2.45, 2.75) is 11.8 Å². The van der Waals surface area contributed by atoms with Gasteiger partial charge >= 0.3 is 7.12 Å². The summed E-state index contributed by atoms with van der Waals surface area (Å²) in [6, 6.07) is 6.51. The monoisotopic (exact) mass is 198 g/mol. The molecule has 0 aromatic heterocycles. The summed E-state index contributed by atoms with van der Waals surface area (Å²) in [6.45, 7) is 1.82. The van der Waals surface area contributed by atoms with Crippen LogP contribution < -0.4 is 5.46 Å². The second-order valence-electron chi connectivity index (χ2n) is 2.58. The Bertz CT molecular complexity index is 314. The van der Waals surface area contributed by atoms with E-state index in [1.807, 2.05) is 6.92 Å². The van der Waals surface area contributed by atoms with Crippen LogP contribution in [0.1, 0.15) is 6.92 Å². The van der Waals surface area contributed by atoms with E-state index in [0.29, 0.717) is 16.1 Å². The van der Waals surface area contributed by atoms with Crippen LogP contribution >= 0.6 is 0 Å². The van der Waals surface area contributed by atoms with Crippen LogP contribution in [-0.4, -0.2) is 27.1 Å². The molecule has 0 saturated carbocycles. The first kappa shape index (κ1) is 10.4. The average Bonchev–Trinajstić information content (AvgIpc) is 2.17. The molecule has 0 bridgehead atoms. The van der Waals surface area contributed by atoms with E-state index in [4.69, 9.17) is 10.0 Å². The lowest BCUT2D eigenvalue weighted by Crippen LogP contribution is -2.29. The maximum Gasteiger partial charge on any atom is 0.488 e. The molecule has 0 aliphatic heterocycles. The summed E-state index contributed by atoms with van der Waals surface area (Å²) in [6.07, 6.45) is 0. The lowest BCUT2D eigenvalue weighted by atomic mass is 9.80. The highest BCUT2D eigenvalue weighted by molar-refractivity contribution is 7.85. The largest absolute Gasteiger partial charge is 0.488 e. The molecule has 0 spiro atoms. The van der Waals surface area contributed by atoms with E-state index >= 15 is 0 Å². The molecule has 2 N–H and O–H groups in total. The first-order valence-corrected chi connectivity index (χ1v) is 5.31. The Hall–Kier alpha value is -0.645. The van der Waals surface area contributed by atoms with Crippen molar-refractivity contribution in [1.82, 2.24) is 0 Å². The van der Waals surface area contributed by atoms with Gasteiger partial charge in [0, 0.05) is 10.6 Å². The Morgan fingerprint density at radius 1 is 1.46 bits per heavy atom. The van der Waals surface area contributed by atoms with Crippen molar-refractivity contribution in [2.75, 3.05) is 5.75 Å². The average molecular weight is 198 g/mol. The molecular formula is C8H11BO3S. The second-order valence-corrected chi connectivity index (χ2v) is 4.32. The van der Waals surface area contributed by atoms with Crippen molar-refractivity contribution in [3.63, 3.8) is 0 Å². The van der Waals surface area contributed by atoms with Crippen LogP contribution in [-0.2, 0) is 10.8 Å². The van der Waals surface area contributed by atoms with Crippen LogP contribution in [0.3, 0.4) is 0 Å². The molecule has 0 aliphatic rings. The van der Waals surface area contributed by atoms with E-state index in [1.54, 1.807) is 24.3 Å². The molecule has 0 radical (unpaired) electrons. The smallest absolute Gasteiger partial charge is 0.423 e. The third-order valence-electron chi connectivity index (χ3n) is 1.68. The molecule has 0 fully saturated rings. The summed E-state index contributed by atoms with van der Waals surface area (Å²) < 4.78 is 11.3. The fraction of sp³-hybridized carbons (Fsp3) is 0.250. The maximum atomic E-state index is 11.3. The molecule has 1 atom stereocenters. The van der Waals surface area contributed by atoms with E-state index in [2.05, 4.69) is 0 Å². The summed E-state index contributed by atoms with van der Waals surface area (Å²) in [5, 5.41) is 17.7. The van der Waals surface area contributed by atoms with E-state index in [1.165, 1.54) is 0 Å². The molecule has 0 unspecified atom stereocenters. The van der Waals surface area contributed by atoms with Gasteiger partial charge in [-0.25, -0.2) is 0 Å². The molecule has 3 nitrogen and oxygen atoms in total. The molecule has 1 rings (SSSR count). The Morgan fingerprint density at radius 2 is 2.15 bits per heavy atom. The standard InChI is InChI=1S/C8H11BO3S/c1-2-13(12)8-5-3-4-7(6-8)9(10)11/h3-6,10-11H,2H2,1H3/t13-/m1/s1. The molecule has 1 aromatic rings. The fourth-order valence-corrected chi connectivity index (χ4v) is 1.81. The second kappa shape index (κ2) is 4.55. The van der Waals surface area contributed by atoms with Crippen molar-refractivity contribution < 1.29 is 14.3 Å². The highest BCUT2D eigenvalue weighted by Gasteiger charge is 2.11. The molecule has 0 amide bonds. The quantitative estimate of drug-likeness (QED) is 0.643. The minimum absolute atomic E-state index is 0.374. The number of rotatable bonds is 3. The topological polar surface area (TPSA) is 57.5 Å². The van der Waals surface area contributed by atoms with Gasteiger partial charge in [0.05, 0.1) is 10.8 Å². The lowest BCUT2D eigenvalue weighted by molar-refractivity contribution is 0.425. The van der Waals surface area contributed by atoms with Gasteiger partial charge in [0.2, 0.25) is 0 Å². The summed E-state index contributed by atoms with van der Waals surface area (Å²) in [5.74, 6) is 0.533. The van der Waals surface area contributed by atoms with Crippen molar-refractivity contribution in [3.05, 3.63) is 24.3 Å². The summed E-state index contributed by atoms with van der Waals surface area (Å²) in [7, 11) is -2.53. The van der Waals surface area contributed by atoms with E-state index in [9.17, 15) is 4.21 Å². The predicted octanol–water partition coefficient (Wildman–Crippen LogP) is -0.506. The fourth-order valence-electron chi connectivity index (χ4n) is 0.983. The highest BCUT2D eigenvalue weighted by Crippen LogP contribution is 2.03. The van der Waals surface area contributed by atoms with Crippen LogP contribution in [0.15, 0.2) is 29.2 Å². The van der Waals surface area contributed by atoms with Gasteiger partial charge in [-0.1, -0.05) is 19.1 Å². The minimum Gasteiger partial charge on any atom is -0.423 e. The van der Waals surface area contributed by atoms with Crippen LogP contribution in [0.5, 0.6) is 0 Å². The van der Waals surface area contributed by atoms with Crippen LogP contribution in [0, 0.1) is 0 Å². The van der Waals surface area contributed by atoms with Crippen molar-refractivity contribution in [3.8, 4) is 0 Å². The van der Waals surface area contributed by atoms with Crippen LogP contribution in [0.4, 0.5) is 0 Å². The molecule has 13 heavy (non-hydrogen) atoms.